The van der Waals surface area contributed by atoms with E-state index in [0.717, 1.165) is 22.8 Å². The lowest BCUT2D eigenvalue weighted by atomic mass is 10.1. The predicted octanol–water partition coefficient (Wildman–Crippen LogP) is 3.38. The van der Waals surface area contributed by atoms with E-state index < -0.39 is 0 Å². The van der Waals surface area contributed by atoms with E-state index in [-0.39, 0.29) is 0 Å². The molecule has 0 aliphatic carbocycles. The molecule has 0 aliphatic rings. The topological polar surface area (TPSA) is 49.0 Å². The number of benzene rings is 1. The molecule has 0 saturated carbocycles. The first-order valence-electron chi connectivity index (χ1n) is 5.49. The van der Waals surface area contributed by atoms with Gasteiger partial charge in [0.15, 0.2) is 0 Å². The van der Waals surface area contributed by atoms with Crippen LogP contribution in [0.3, 0.4) is 0 Å². The molecule has 0 saturated heterocycles. The molecule has 0 aliphatic heterocycles. The largest absolute Gasteiger partial charge is 0.465 e. The molecule has 0 unspecified atom stereocenters. The van der Waals surface area contributed by atoms with Gasteiger partial charge in [0, 0.05) is 0 Å². The Labute approximate surface area is 101 Å². The van der Waals surface area contributed by atoms with Crippen molar-refractivity contribution in [3.63, 3.8) is 0 Å². The van der Waals surface area contributed by atoms with Crippen LogP contribution in [0.2, 0.25) is 0 Å². The highest BCUT2D eigenvalue weighted by Gasteiger charge is 2.05. The van der Waals surface area contributed by atoms with E-state index in [1.54, 1.807) is 0 Å². The molecule has 86 valence electrons. The lowest BCUT2D eigenvalue weighted by Crippen LogP contribution is -2.02. The van der Waals surface area contributed by atoms with Gasteiger partial charge >= 0.3 is 0 Å². The Hall–Kier alpha value is -2.21. The zero-order valence-corrected chi connectivity index (χ0v) is 9.95. The van der Waals surface area contributed by atoms with E-state index in [1.165, 1.54) is 0 Å². The minimum atomic E-state index is 0.591. The highest BCUT2D eigenvalue weighted by molar-refractivity contribution is 5.62. The Kier molecular flexibility index (Phi) is 3.15. The molecule has 0 fully saturated rings. The zero-order valence-electron chi connectivity index (χ0n) is 9.95. The Morgan fingerprint density at radius 2 is 2.06 bits per heavy atom. The molecule has 1 aromatic carbocycles. The Morgan fingerprint density at radius 3 is 2.71 bits per heavy atom. The Bertz CT molecular complexity index is 564. The minimum absolute atomic E-state index is 0.591. The molecule has 0 bridgehead atoms. The lowest BCUT2D eigenvalue weighted by Gasteiger charge is -2.09. The third-order valence-electron chi connectivity index (χ3n) is 2.63. The standard InChI is InChI=1S/C14H14N2O/c1-10-4-3-5-12(8-15)14(10)16-9-13-7-6-11(2)17-13/h3-7,16H,9H2,1-2H3. The third kappa shape index (κ3) is 2.48. The van der Waals surface area contributed by atoms with Crippen LogP contribution >= 0.6 is 0 Å². The first-order valence-corrected chi connectivity index (χ1v) is 5.49. The van der Waals surface area contributed by atoms with Crippen molar-refractivity contribution in [2.24, 2.45) is 0 Å². The van der Waals surface area contributed by atoms with Crippen molar-refractivity contribution in [1.29, 1.82) is 5.26 Å². The summed E-state index contributed by atoms with van der Waals surface area (Å²) >= 11 is 0. The molecular weight excluding hydrogens is 212 g/mol. The summed E-state index contributed by atoms with van der Waals surface area (Å²) in [6.45, 7) is 4.49. The summed E-state index contributed by atoms with van der Waals surface area (Å²) in [5, 5.41) is 12.3. The molecule has 3 nitrogen and oxygen atoms in total. The highest BCUT2D eigenvalue weighted by Crippen LogP contribution is 2.20. The fourth-order valence-corrected chi connectivity index (χ4v) is 1.75. The second-order valence-corrected chi connectivity index (χ2v) is 3.98. The van der Waals surface area contributed by atoms with Gasteiger partial charge in [0.05, 0.1) is 17.8 Å². The second-order valence-electron chi connectivity index (χ2n) is 3.98. The molecule has 2 rings (SSSR count). The SMILES string of the molecule is Cc1ccc(CNc2c(C)cccc2C#N)o1. The van der Waals surface area contributed by atoms with E-state index >= 15 is 0 Å². The van der Waals surface area contributed by atoms with Crippen LogP contribution in [-0.2, 0) is 6.54 Å². The molecule has 2 aromatic rings. The van der Waals surface area contributed by atoms with E-state index in [0.29, 0.717) is 12.1 Å². The summed E-state index contributed by atoms with van der Waals surface area (Å²) in [4.78, 5) is 0. The van der Waals surface area contributed by atoms with Crippen molar-refractivity contribution in [3.05, 3.63) is 53.0 Å². The van der Waals surface area contributed by atoms with Gasteiger partial charge in [-0.3, -0.25) is 0 Å². The maximum absolute atomic E-state index is 9.03. The fraction of sp³-hybridized carbons (Fsp3) is 0.214. The maximum Gasteiger partial charge on any atom is 0.123 e. The molecule has 1 N–H and O–H groups in total. The minimum Gasteiger partial charge on any atom is -0.465 e. The van der Waals surface area contributed by atoms with Crippen molar-refractivity contribution in [2.75, 3.05) is 5.32 Å². The molecule has 0 spiro atoms. The van der Waals surface area contributed by atoms with E-state index in [4.69, 9.17) is 9.68 Å². The Morgan fingerprint density at radius 1 is 1.24 bits per heavy atom. The van der Waals surface area contributed by atoms with Gasteiger partial charge in [-0.25, -0.2) is 0 Å². The van der Waals surface area contributed by atoms with E-state index in [1.807, 2.05) is 44.2 Å². The van der Waals surface area contributed by atoms with E-state index in [9.17, 15) is 0 Å². The molecule has 0 atom stereocenters. The van der Waals surface area contributed by atoms with Gasteiger partial charge in [-0.1, -0.05) is 12.1 Å². The smallest absolute Gasteiger partial charge is 0.123 e. The summed E-state index contributed by atoms with van der Waals surface area (Å²) in [7, 11) is 0. The fourth-order valence-electron chi connectivity index (χ4n) is 1.75. The second kappa shape index (κ2) is 4.75. The number of nitrogens with one attached hydrogen (secondary N) is 1. The number of anilines is 1. The number of hydrogen-bond donors (Lipinski definition) is 1. The van der Waals surface area contributed by atoms with Gasteiger partial charge < -0.3 is 9.73 Å². The van der Waals surface area contributed by atoms with Crippen molar-refractivity contribution in [3.8, 4) is 6.07 Å². The lowest BCUT2D eigenvalue weighted by molar-refractivity contribution is 0.490. The molecule has 17 heavy (non-hydrogen) atoms. The van der Waals surface area contributed by atoms with Crippen LogP contribution in [0, 0.1) is 25.2 Å². The number of para-hydroxylation sites is 1. The molecule has 0 radical (unpaired) electrons. The normalized spacial score (nSPS) is 9.94. The number of nitrogens with zero attached hydrogens (tertiary/aromatic N) is 1. The third-order valence-corrected chi connectivity index (χ3v) is 2.63. The molecule has 0 amide bonds. The van der Waals surface area contributed by atoms with Crippen molar-refractivity contribution < 1.29 is 4.42 Å². The van der Waals surface area contributed by atoms with Gasteiger partial charge in [-0.2, -0.15) is 5.26 Å². The average molecular weight is 226 g/mol. The maximum atomic E-state index is 9.03. The highest BCUT2D eigenvalue weighted by atomic mass is 16.3. The van der Waals surface area contributed by atoms with Crippen LogP contribution in [0.5, 0.6) is 0 Å². The van der Waals surface area contributed by atoms with Gasteiger partial charge in [0.1, 0.15) is 17.6 Å². The van der Waals surface area contributed by atoms with Crippen molar-refractivity contribution >= 4 is 5.69 Å². The summed E-state index contributed by atoms with van der Waals surface area (Å²) in [5.74, 6) is 1.77. The summed E-state index contributed by atoms with van der Waals surface area (Å²) in [5.41, 5.74) is 2.60. The molecule has 3 heteroatoms. The summed E-state index contributed by atoms with van der Waals surface area (Å²) in [6, 6.07) is 11.7. The predicted molar refractivity (Wildman–Crippen MR) is 66.7 cm³/mol. The van der Waals surface area contributed by atoms with Crippen LogP contribution in [0.4, 0.5) is 5.69 Å². The van der Waals surface area contributed by atoms with E-state index in [2.05, 4.69) is 11.4 Å². The Balaban J connectivity index is 2.17. The van der Waals surface area contributed by atoms with Gasteiger partial charge in [-0.15, -0.1) is 0 Å². The van der Waals surface area contributed by atoms with Crippen LogP contribution in [-0.4, -0.2) is 0 Å². The van der Waals surface area contributed by atoms with Gasteiger partial charge in [0.25, 0.3) is 0 Å². The van der Waals surface area contributed by atoms with Crippen LogP contribution in [0.15, 0.2) is 34.7 Å². The summed E-state index contributed by atoms with van der Waals surface area (Å²) in [6.07, 6.45) is 0. The molecular formula is C14H14N2O. The average Bonchev–Trinajstić information content (AvgIpc) is 2.73. The number of aryl methyl sites for hydroxylation is 2. The zero-order chi connectivity index (χ0) is 12.3. The van der Waals surface area contributed by atoms with Crippen LogP contribution in [0.1, 0.15) is 22.6 Å². The van der Waals surface area contributed by atoms with Gasteiger partial charge in [0.2, 0.25) is 0 Å². The van der Waals surface area contributed by atoms with Crippen molar-refractivity contribution in [1.82, 2.24) is 0 Å². The summed E-state index contributed by atoms with van der Waals surface area (Å²) < 4.78 is 5.47. The number of nitriles is 1. The number of rotatable bonds is 3. The number of furan rings is 1. The molecule has 1 heterocycles. The molecule has 1 aromatic heterocycles. The monoisotopic (exact) mass is 226 g/mol. The van der Waals surface area contributed by atoms with Gasteiger partial charge in [-0.05, 0) is 37.6 Å². The van der Waals surface area contributed by atoms with Crippen LogP contribution in [0.25, 0.3) is 0 Å². The first kappa shape index (κ1) is 11.3. The van der Waals surface area contributed by atoms with Crippen LogP contribution < -0.4 is 5.32 Å². The quantitative estimate of drug-likeness (QED) is 0.872. The number of hydrogen-bond acceptors (Lipinski definition) is 3. The van der Waals surface area contributed by atoms with Crippen molar-refractivity contribution in [2.45, 2.75) is 20.4 Å². The first-order chi connectivity index (χ1) is 8.20.